The summed E-state index contributed by atoms with van der Waals surface area (Å²) in [7, 11) is 0. The van der Waals surface area contributed by atoms with Crippen molar-refractivity contribution in [2.24, 2.45) is 10.7 Å². The number of nitrogens with two attached hydrogens (primary N) is 1. The van der Waals surface area contributed by atoms with Crippen LogP contribution in [0.25, 0.3) is 0 Å². The van der Waals surface area contributed by atoms with E-state index in [9.17, 15) is 0 Å². The second-order valence-corrected chi connectivity index (χ2v) is 5.34. The second kappa shape index (κ2) is 10.0. The summed E-state index contributed by atoms with van der Waals surface area (Å²) >= 11 is 0. The van der Waals surface area contributed by atoms with Crippen LogP contribution in [0.15, 0.2) is 35.3 Å². The number of hydrogen-bond donors (Lipinski definition) is 2. The minimum atomic E-state index is 0. The van der Waals surface area contributed by atoms with Crippen LogP contribution in [0.5, 0.6) is 0 Å². The topological polar surface area (TPSA) is 50.4 Å². The first kappa shape index (κ1) is 17.3. The SMILES string of the molecule is I.NC(=NCCCc1ccccc1)NC1CCCCC1. The third-order valence-electron chi connectivity index (χ3n) is 3.71. The van der Waals surface area contributed by atoms with Crippen LogP contribution in [0.2, 0.25) is 0 Å². The molecule has 2 rings (SSSR count). The fourth-order valence-corrected chi connectivity index (χ4v) is 2.63. The van der Waals surface area contributed by atoms with E-state index in [0.29, 0.717) is 12.0 Å². The molecule has 1 aliphatic rings. The highest BCUT2D eigenvalue weighted by Crippen LogP contribution is 2.16. The molecule has 112 valence electrons. The number of nitrogens with one attached hydrogen (secondary N) is 1. The van der Waals surface area contributed by atoms with Crippen molar-refractivity contribution in [1.82, 2.24) is 5.32 Å². The van der Waals surface area contributed by atoms with Crippen LogP contribution < -0.4 is 11.1 Å². The molecule has 3 nitrogen and oxygen atoms in total. The van der Waals surface area contributed by atoms with E-state index < -0.39 is 0 Å². The van der Waals surface area contributed by atoms with Gasteiger partial charge in [-0.25, -0.2) is 0 Å². The van der Waals surface area contributed by atoms with Crippen molar-refractivity contribution in [2.45, 2.75) is 51.0 Å². The molecule has 0 spiro atoms. The summed E-state index contributed by atoms with van der Waals surface area (Å²) in [6.45, 7) is 0.806. The van der Waals surface area contributed by atoms with E-state index in [2.05, 4.69) is 34.6 Å². The van der Waals surface area contributed by atoms with Crippen LogP contribution >= 0.6 is 24.0 Å². The monoisotopic (exact) mass is 387 g/mol. The maximum absolute atomic E-state index is 5.92. The zero-order valence-electron chi connectivity index (χ0n) is 12.1. The molecular weight excluding hydrogens is 361 g/mol. The number of halogens is 1. The zero-order chi connectivity index (χ0) is 13.3. The van der Waals surface area contributed by atoms with E-state index in [4.69, 9.17) is 5.73 Å². The molecule has 0 atom stereocenters. The lowest BCUT2D eigenvalue weighted by atomic mass is 9.96. The van der Waals surface area contributed by atoms with E-state index in [1.807, 2.05) is 6.07 Å². The van der Waals surface area contributed by atoms with Gasteiger partial charge < -0.3 is 11.1 Å². The zero-order valence-corrected chi connectivity index (χ0v) is 14.4. The predicted octanol–water partition coefficient (Wildman–Crippen LogP) is 3.47. The van der Waals surface area contributed by atoms with Crippen molar-refractivity contribution in [3.63, 3.8) is 0 Å². The van der Waals surface area contributed by atoms with Gasteiger partial charge in [-0.1, -0.05) is 49.6 Å². The van der Waals surface area contributed by atoms with Crippen LogP contribution in [0, 0.1) is 0 Å². The average molecular weight is 387 g/mol. The van der Waals surface area contributed by atoms with Crippen molar-refractivity contribution >= 4 is 29.9 Å². The Labute approximate surface area is 139 Å². The van der Waals surface area contributed by atoms with Gasteiger partial charge in [0.25, 0.3) is 0 Å². The smallest absolute Gasteiger partial charge is 0.188 e. The van der Waals surface area contributed by atoms with Crippen LogP contribution in [0.1, 0.15) is 44.1 Å². The number of nitrogens with zero attached hydrogens (tertiary/aromatic N) is 1. The van der Waals surface area contributed by atoms with Gasteiger partial charge in [0.1, 0.15) is 0 Å². The van der Waals surface area contributed by atoms with Crippen LogP contribution in [-0.4, -0.2) is 18.5 Å². The van der Waals surface area contributed by atoms with Gasteiger partial charge in [-0.2, -0.15) is 0 Å². The molecular formula is C16H26IN3. The quantitative estimate of drug-likeness (QED) is 0.352. The van der Waals surface area contributed by atoms with Crippen molar-refractivity contribution in [3.05, 3.63) is 35.9 Å². The van der Waals surface area contributed by atoms with E-state index in [-0.39, 0.29) is 24.0 Å². The molecule has 1 saturated carbocycles. The molecule has 1 aromatic rings. The highest BCUT2D eigenvalue weighted by atomic mass is 127. The van der Waals surface area contributed by atoms with Gasteiger partial charge in [-0.15, -0.1) is 24.0 Å². The number of rotatable bonds is 5. The Balaban J connectivity index is 0.00000200. The van der Waals surface area contributed by atoms with Gasteiger partial charge in [0.2, 0.25) is 0 Å². The lowest BCUT2D eigenvalue weighted by Gasteiger charge is -2.23. The van der Waals surface area contributed by atoms with Crippen molar-refractivity contribution in [3.8, 4) is 0 Å². The largest absolute Gasteiger partial charge is 0.370 e. The summed E-state index contributed by atoms with van der Waals surface area (Å²) < 4.78 is 0. The van der Waals surface area contributed by atoms with Crippen LogP contribution in [0.4, 0.5) is 0 Å². The van der Waals surface area contributed by atoms with E-state index in [0.717, 1.165) is 19.4 Å². The normalized spacial score (nSPS) is 16.5. The molecule has 0 amide bonds. The minimum absolute atomic E-state index is 0. The molecule has 0 heterocycles. The maximum Gasteiger partial charge on any atom is 0.188 e. The minimum Gasteiger partial charge on any atom is -0.370 e. The maximum atomic E-state index is 5.92. The van der Waals surface area contributed by atoms with E-state index in [1.165, 1.54) is 37.7 Å². The fourth-order valence-electron chi connectivity index (χ4n) is 2.63. The molecule has 1 fully saturated rings. The van der Waals surface area contributed by atoms with Crippen LogP contribution in [0.3, 0.4) is 0 Å². The Morgan fingerprint density at radius 3 is 2.55 bits per heavy atom. The number of aliphatic imine (C=N–C) groups is 1. The lowest BCUT2D eigenvalue weighted by molar-refractivity contribution is 0.412. The molecule has 0 saturated heterocycles. The highest BCUT2D eigenvalue weighted by molar-refractivity contribution is 14.0. The van der Waals surface area contributed by atoms with Gasteiger partial charge in [0.15, 0.2) is 5.96 Å². The number of hydrogen-bond acceptors (Lipinski definition) is 1. The lowest BCUT2D eigenvalue weighted by Crippen LogP contribution is -2.41. The number of guanidine groups is 1. The first-order chi connectivity index (χ1) is 9.34. The third kappa shape index (κ3) is 6.59. The van der Waals surface area contributed by atoms with Gasteiger partial charge in [-0.05, 0) is 31.2 Å². The Bertz CT molecular complexity index is 386. The summed E-state index contributed by atoms with van der Waals surface area (Å²) in [4.78, 5) is 4.42. The van der Waals surface area contributed by atoms with E-state index >= 15 is 0 Å². The fraction of sp³-hybridized carbons (Fsp3) is 0.562. The number of aryl methyl sites for hydroxylation is 1. The predicted molar refractivity (Wildman–Crippen MR) is 96.7 cm³/mol. The van der Waals surface area contributed by atoms with Crippen molar-refractivity contribution in [1.29, 1.82) is 0 Å². The summed E-state index contributed by atoms with van der Waals surface area (Å²) in [6, 6.07) is 11.1. The molecule has 20 heavy (non-hydrogen) atoms. The average Bonchev–Trinajstić information content (AvgIpc) is 2.46. The van der Waals surface area contributed by atoms with Crippen molar-refractivity contribution < 1.29 is 0 Å². The first-order valence-corrected chi connectivity index (χ1v) is 7.45. The van der Waals surface area contributed by atoms with Gasteiger partial charge in [0.05, 0.1) is 0 Å². The standard InChI is InChI=1S/C16H25N3.HI/c17-16(19-15-11-5-2-6-12-15)18-13-7-10-14-8-3-1-4-9-14;/h1,3-4,8-9,15H,2,5-7,10-13H2,(H3,17,18,19);1H. The van der Waals surface area contributed by atoms with Gasteiger partial charge in [0, 0.05) is 12.6 Å². The van der Waals surface area contributed by atoms with Crippen LogP contribution in [-0.2, 0) is 6.42 Å². The molecule has 0 aromatic heterocycles. The Morgan fingerprint density at radius 2 is 1.85 bits per heavy atom. The van der Waals surface area contributed by atoms with Crippen molar-refractivity contribution in [2.75, 3.05) is 6.54 Å². The van der Waals surface area contributed by atoms with E-state index in [1.54, 1.807) is 0 Å². The first-order valence-electron chi connectivity index (χ1n) is 7.45. The molecule has 0 radical (unpaired) electrons. The summed E-state index contributed by atoms with van der Waals surface area (Å²) in [5, 5.41) is 3.35. The summed E-state index contributed by atoms with van der Waals surface area (Å²) in [6.07, 6.45) is 8.60. The van der Waals surface area contributed by atoms with Gasteiger partial charge >= 0.3 is 0 Å². The molecule has 4 heteroatoms. The Morgan fingerprint density at radius 1 is 1.15 bits per heavy atom. The number of benzene rings is 1. The summed E-state index contributed by atoms with van der Waals surface area (Å²) in [5.41, 5.74) is 7.29. The molecule has 1 aromatic carbocycles. The molecule has 0 unspecified atom stereocenters. The Kier molecular flexibility index (Phi) is 8.65. The summed E-state index contributed by atoms with van der Waals surface area (Å²) in [5.74, 6) is 0.625. The molecule has 0 bridgehead atoms. The molecule has 1 aliphatic carbocycles. The van der Waals surface area contributed by atoms with Gasteiger partial charge in [-0.3, -0.25) is 4.99 Å². The third-order valence-corrected chi connectivity index (χ3v) is 3.71. The second-order valence-electron chi connectivity index (χ2n) is 5.34. The molecule has 0 aliphatic heterocycles. The Hall–Kier alpha value is -0.780. The highest BCUT2D eigenvalue weighted by Gasteiger charge is 2.12. The molecule has 3 N–H and O–H groups in total.